The van der Waals surface area contributed by atoms with E-state index >= 15 is 0 Å². The Labute approximate surface area is 218 Å². The average molecular weight is 485 g/mol. The van der Waals surface area contributed by atoms with Crippen LogP contribution in [0.1, 0.15) is 68.6 Å². The molecule has 2 aliphatic rings. The number of rotatable bonds is 8. The molecule has 192 valence electrons. The van der Waals surface area contributed by atoms with Gasteiger partial charge in [-0.25, -0.2) is 0 Å². The number of nitrogens with one attached hydrogen (secondary N) is 1. The van der Waals surface area contributed by atoms with E-state index in [2.05, 4.69) is 47.5 Å². The standard InChI is InChI=1S/C18H21NO.C15H23N/c20-18(15-9-3-1-4-10-15,16-11-5-2-6-12-16)17-13-7-8-14-19-17;1-2-8-15(16-11-6-7-12-16)13-14-9-4-3-5-10-14/h1-6,9-12,17,19-20H,7-8,13-14H2;3-5,9-10,15H,2,6-8,11-13H2,1H3. The minimum atomic E-state index is -0.955. The van der Waals surface area contributed by atoms with Crippen LogP contribution in [0.15, 0.2) is 91.0 Å². The molecule has 3 aromatic rings. The largest absolute Gasteiger partial charge is 0.379 e. The summed E-state index contributed by atoms with van der Waals surface area (Å²) in [6, 6.07) is 31.8. The van der Waals surface area contributed by atoms with Gasteiger partial charge in [0.2, 0.25) is 0 Å². The zero-order valence-electron chi connectivity index (χ0n) is 22.0. The molecule has 3 aromatic carbocycles. The topological polar surface area (TPSA) is 35.5 Å². The highest BCUT2D eigenvalue weighted by Crippen LogP contribution is 2.36. The molecule has 0 spiro atoms. The van der Waals surface area contributed by atoms with E-state index in [-0.39, 0.29) is 6.04 Å². The Hall–Kier alpha value is -2.46. The molecule has 2 unspecified atom stereocenters. The molecule has 0 amide bonds. The lowest BCUT2D eigenvalue weighted by Gasteiger charge is -2.40. The highest BCUT2D eigenvalue weighted by atomic mass is 16.3. The molecule has 36 heavy (non-hydrogen) atoms. The molecule has 0 radical (unpaired) electrons. The van der Waals surface area contributed by atoms with E-state index in [4.69, 9.17) is 0 Å². The fourth-order valence-electron chi connectivity index (χ4n) is 5.90. The summed E-state index contributed by atoms with van der Waals surface area (Å²) in [5, 5.41) is 15.0. The molecule has 0 aliphatic carbocycles. The molecule has 0 aromatic heterocycles. The van der Waals surface area contributed by atoms with Gasteiger partial charge < -0.3 is 15.3 Å². The van der Waals surface area contributed by atoms with Gasteiger partial charge >= 0.3 is 0 Å². The summed E-state index contributed by atoms with van der Waals surface area (Å²) < 4.78 is 0. The van der Waals surface area contributed by atoms with Crippen molar-refractivity contribution in [3.63, 3.8) is 0 Å². The highest BCUT2D eigenvalue weighted by Gasteiger charge is 2.40. The summed E-state index contributed by atoms with van der Waals surface area (Å²) in [5.41, 5.74) is 2.47. The van der Waals surface area contributed by atoms with Gasteiger partial charge in [0.05, 0.1) is 0 Å². The van der Waals surface area contributed by atoms with Crippen LogP contribution < -0.4 is 5.32 Å². The van der Waals surface area contributed by atoms with Crippen molar-refractivity contribution in [3.05, 3.63) is 108 Å². The molecule has 0 saturated carbocycles. The third-order valence-electron chi connectivity index (χ3n) is 7.84. The lowest BCUT2D eigenvalue weighted by atomic mass is 9.77. The lowest BCUT2D eigenvalue weighted by molar-refractivity contribution is 0.0268. The monoisotopic (exact) mass is 484 g/mol. The number of piperidine rings is 1. The normalized spacial score (nSPS) is 19.3. The minimum Gasteiger partial charge on any atom is -0.379 e. The van der Waals surface area contributed by atoms with Crippen LogP contribution in [-0.4, -0.2) is 41.7 Å². The molecule has 2 heterocycles. The summed E-state index contributed by atoms with van der Waals surface area (Å²) in [4.78, 5) is 2.69. The van der Waals surface area contributed by atoms with Crippen molar-refractivity contribution in [1.82, 2.24) is 10.2 Å². The summed E-state index contributed by atoms with van der Waals surface area (Å²) in [6.07, 6.45) is 10.0. The van der Waals surface area contributed by atoms with Crippen molar-refractivity contribution in [2.75, 3.05) is 19.6 Å². The SMILES string of the molecule is CCCC(Cc1ccccc1)N1CCCC1.OC(c1ccccc1)(c1ccccc1)C1CCCCN1. The van der Waals surface area contributed by atoms with Crippen LogP contribution in [0.2, 0.25) is 0 Å². The van der Waals surface area contributed by atoms with E-state index < -0.39 is 5.60 Å². The molecule has 2 N–H and O–H groups in total. The third-order valence-corrected chi connectivity index (χ3v) is 7.84. The molecule has 3 nitrogen and oxygen atoms in total. The Morgan fingerprint density at radius 3 is 1.86 bits per heavy atom. The minimum absolute atomic E-state index is 0.0704. The molecule has 2 fully saturated rings. The van der Waals surface area contributed by atoms with Crippen molar-refractivity contribution in [2.24, 2.45) is 0 Å². The first-order chi connectivity index (χ1) is 17.7. The smallest absolute Gasteiger partial charge is 0.130 e. The van der Waals surface area contributed by atoms with Crippen LogP contribution in [0, 0.1) is 0 Å². The van der Waals surface area contributed by atoms with Crippen LogP contribution in [0.4, 0.5) is 0 Å². The van der Waals surface area contributed by atoms with Gasteiger partial charge in [0.25, 0.3) is 0 Å². The Morgan fingerprint density at radius 2 is 1.36 bits per heavy atom. The highest BCUT2D eigenvalue weighted by molar-refractivity contribution is 5.38. The molecule has 2 aliphatic heterocycles. The van der Waals surface area contributed by atoms with Crippen molar-refractivity contribution in [3.8, 4) is 0 Å². The molecular formula is C33H44N2O. The number of nitrogens with zero attached hydrogens (tertiary/aromatic N) is 1. The molecule has 2 atom stereocenters. The fourth-order valence-corrected chi connectivity index (χ4v) is 5.90. The van der Waals surface area contributed by atoms with E-state index in [1.165, 1.54) is 63.6 Å². The second-order valence-corrected chi connectivity index (χ2v) is 10.4. The average Bonchev–Trinajstić information content (AvgIpc) is 3.50. The van der Waals surface area contributed by atoms with Crippen molar-refractivity contribution in [2.45, 2.75) is 76.0 Å². The zero-order valence-corrected chi connectivity index (χ0v) is 22.0. The van der Waals surface area contributed by atoms with E-state index in [9.17, 15) is 5.11 Å². The molecule has 2 saturated heterocycles. The summed E-state index contributed by atoms with van der Waals surface area (Å²) in [7, 11) is 0. The lowest BCUT2D eigenvalue weighted by Crippen LogP contribution is -2.51. The van der Waals surface area contributed by atoms with Crippen LogP contribution in [0.25, 0.3) is 0 Å². The third kappa shape index (κ3) is 6.85. The van der Waals surface area contributed by atoms with Crippen LogP contribution in [0.5, 0.6) is 0 Å². The van der Waals surface area contributed by atoms with Crippen LogP contribution >= 0.6 is 0 Å². The fraction of sp³-hybridized carbons (Fsp3) is 0.455. The van der Waals surface area contributed by atoms with Gasteiger partial charge in [-0.05, 0) is 74.8 Å². The maximum absolute atomic E-state index is 11.5. The molecule has 3 heteroatoms. The zero-order chi connectivity index (χ0) is 25.1. The first kappa shape index (κ1) is 26.6. The van der Waals surface area contributed by atoms with Gasteiger partial charge in [0.1, 0.15) is 5.60 Å². The number of likely N-dealkylation sites (tertiary alicyclic amines) is 1. The second-order valence-electron chi connectivity index (χ2n) is 10.4. The van der Waals surface area contributed by atoms with Gasteiger partial charge in [0.15, 0.2) is 0 Å². The van der Waals surface area contributed by atoms with Crippen molar-refractivity contribution in [1.29, 1.82) is 0 Å². The number of hydrogen-bond donors (Lipinski definition) is 2. The van der Waals surface area contributed by atoms with Gasteiger partial charge in [-0.3, -0.25) is 0 Å². The number of benzene rings is 3. The van der Waals surface area contributed by atoms with Crippen molar-refractivity contribution < 1.29 is 5.11 Å². The van der Waals surface area contributed by atoms with Gasteiger partial charge in [-0.2, -0.15) is 0 Å². The molecule has 5 rings (SSSR count). The summed E-state index contributed by atoms with van der Waals surface area (Å²) >= 11 is 0. The van der Waals surface area contributed by atoms with Gasteiger partial charge in [-0.1, -0.05) is 111 Å². The Balaban J connectivity index is 0.000000174. The van der Waals surface area contributed by atoms with E-state index in [0.717, 1.165) is 30.1 Å². The van der Waals surface area contributed by atoms with Gasteiger partial charge in [-0.15, -0.1) is 0 Å². The quantitative estimate of drug-likeness (QED) is 0.380. The first-order valence-electron chi connectivity index (χ1n) is 14.1. The molecular weight excluding hydrogens is 440 g/mol. The first-order valence-corrected chi connectivity index (χ1v) is 14.1. The van der Waals surface area contributed by atoms with E-state index in [1.54, 1.807) is 0 Å². The number of aliphatic hydroxyl groups is 1. The summed E-state index contributed by atoms with van der Waals surface area (Å²) in [5.74, 6) is 0. The number of hydrogen-bond acceptors (Lipinski definition) is 3. The summed E-state index contributed by atoms with van der Waals surface area (Å²) in [6.45, 7) is 5.91. The Kier molecular flexibility index (Phi) is 10.2. The Bertz CT molecular complexity index is 940. The Morgan fingerprint density at radius 1 is 0.806 bits per heavy atom. The maximum atomic E-state index is 11.5. The second kappa shape index (κ2) is 13.7. The van der Waals surface area contributed by atoms with Crippen molar-refractivity contribution >= 4 is 0 Å². The van der Waals surface area contributed by atoms with E-state index in [0.29, 0.717) is 0 Å². The van der Waals surface area contributed by atoms with Crippen LogP contribution in [0.3, 0.4) is 0 Å². The maximum Gasteiger partial charge on any atom is 0.130 e. The predicted molar refractivity (Wildman–Crippen MR) is 151 cm³/mol. The predicted octanol–water partition coefficient (Wildman–Crippen LogP) is 6.56. The molecule has 0 bridgehead atoms. The van der Waals surface area contributed by atoms with Crippen LogP contribution in [-0.2, 0) is 12.0 Å². The van der Waals surface area contributed by atoms with E-state index in [1.807, 2.05) is 60.7 Å². The van der Waals surface area contributed by atoms with Gasteiger partial charge in [0, 0.05) is 12.1 Å².